The van der Waals surface area contributed by atoms with Gasteiger partial charge in [-0.1, -0.05) is 22.0 Å². The molecule has 5 heteroatoms. The van der Waals surface area contributed by atoms with Crippen molar-refractivity contribution in [1.82, 2.24) is 4.90 Å². The standard InChI is InChI=1S/C16H17BrN2OS/c1-11-14-6-8-21-15(14)5-7-19(11)10-16(20)18-13-4-2-3-12(17)9-13/h2-4,6,8-9,11H,5,7,10H2,1H3,(H,18,20). The lowest BCUT2D eigenvalue weighted by Crippen LogP contribution is -2.39. The molecule has 1 aliphatic rings. The summed E-state index contributed by atoms with van der Waals surface area (Å²) in [5.41, 5.74) is 2.21. The molecule has 1 aliphatic heterocycles. The van der Waals surface area contributed by atoms with Crippen molar-refractivity contribution in [1.29, 1.82) is 0 Å². The van der Waals surface area contributed by atoms with Crippen LogP contribution >= 0.6 is 27.3 Å². The average molecular weight is 365 g/mol. The van der Waals surface area contributed by atoms with E-state index in [1.54, 1.807) is 0 Å². The highest BCUT2D eigenvalue weighted by Gasteiger charge is 2.26. The Morgan fingerprint density at radius 1 is 1.48 bits per heavy atom. The molecule has 21 heavy (non-hydrogen) atoms. The summed E-state index contributed by atoms with van der Waals surface area (Å²) in [6.45, 7) is 3.56. The maximum absolute atomic E-state index is 12.2. The number of anilines is 1. The Morgan fingerprint density at radius 2 is 2.33 bits per heavy atom. The first-order chi connectivity index (χ1) is 10.1. The molecular weight excluding hydrogens is 348 g/mol. The molecule has 1 unspecified atom stereocenters. The number of thiophene rings is 1. The SMILES string of the molecule is CC1c2ccsc2CCN1CC(=O)Nc1cccc(Br)c1. The predicted molar refractivity (Wildman–Crippen MR) is 90.8 cm³/mol. The van der Waals surface area contributed by atoms with Gasteiger partial charge in [-0.3, -0.25) is 9.69 Å². The Hall–Kier alpha value is -1.17. The molecule has 3 rings (SSSR count). The number of amides is 1. The van der Waals surface area contributed by atoms with Gasteiger partial charge in [-0.25, -0.2) is 0 Å². The number of carbonyl (C=O) groups excluding carboxylic acids is 1. The number of rotatable bonds is 3. The zero-order chi connectivity index (χ0) is 14.8. The molecule has 1 N–H and O–H groups in total. The highest BCUT2D eigenvalue weighted by Crippen LogP contribution is 2.32. The van der Waals surface area contributed by atoms with E-state index >= 15 is 0 Å². The zero-order valence-corrected chi connectivity index (χ0v) is 14.2. The molecule has 1 aromatic carbocycles. The van der Waals surface area contributed by atoms with Crippen LogP contribution in [0.15, 0.2) is 40.2 Å². The first-order valence-corrected chi connectivity index (χ1v) is 8.66. The van der Waals surface area contributed by atoms with Gasteiger partial charge < -0.3 is 5.32 Å². The molecule has 2 heterocycles. The normalized spacial score (nSPS) is 18.3. The van der Waals surface area contributed by atoms with E-state index in [9.17, 15) is 4.79 Å². The second kappa shape index (κ2) is 6.30. The van der Waals surface area contributed by atoms with Gasteiger partial charge in [0.25, 0.3) is 0 Å². The molecular formula is C16H17BrN2OS. The lowest BCUT2D eigenvalue weighted by atomic mass is 10.0. The summed E-state index contributed by atoms with van der Waals surface area (Å²) >= 11 is 5.23. The second-order valence-corrected chi connectivity index (χ2v) is 7.17. The van der Waals surface area contributed by atoms with Crippen molar-refractivity contribution in [3.05, 3.63) is 50.6 Å². The monoisotopic (exact) mass is 364 g/mol. The van der Waals surface area contributed by atoms with Gasteiger partial charge in [0, 0.05) is 27.6 Å². The van der Waals surface area contributed by atoms with Gasteiger partial charge in [-0.15, -0.1) is 11.3 Å². The predicted octanol–water partition coefficient (Wildman–Crippen LogP) is 4.07. The third-order valence-corrected chi connectivity index (χ3v) is 5.35. The van der Waals surface area contributed by atoms with Crippen LogP contribution in [0.5, 0.6) is 0 Å². The van der Waals surface area contributed by atoms with Gasteiger partial charge in [0.1, 0.15) is 0 Å². The molecule has 0 radical (unpaired) electrons. The fourth-order valence-electron chi connectivity index (χ4n) is 2.73. The summed E-state index contributed by atoms with van der Waals surface area (Å²) < 4.78 is 0.967. The second-order valence-electron chi connectivity index (χ2n) is 5.25. The summed E-state index contributed by atoms with van der Waals surface area (Å²) in [6, 6.07) is 10.2. The number of hydrogen-bond acceptors (Lipinski definition) is 3. The summed E-state index contributed by atoms with van der Waals surface area (Å²) in [5, 5.41) is 5.11. The van der Waals surface area contributed by atoms with E-state index in [1.807, 2.05) is 35.6 Å². The van der Waals surface area contributed by atoms with Crippen LogP contribution < -0.4 is 5.32 Å². The third kappa shape index (κ3) is 3.36. The van der Waals surface area contributed by atoms with E-state index in [1.165, 1.54) is 10.4 Å². The molecule has 0 aliphatic carbocycles. The Balaban J connectivity index is 1.63. The quantitative estimate of drug-likeness (QED) is 0.890. The van der Waals surface area contributed by atoms with Crippen molar-refractivity contribution in [3.63, 3.8) is 0 Å². The minimum atomic E-state index is 0.0404. The third-order valence-electron chi connectivity index (χ3n) is 3.86. The number of nitrogens with one attached hydrogen (secondary N) is 1. The van der Waals surface area contributed by atoms with Gasteiger partial charge in [0.2, 0.25) is 5.91 Å². The molecule has 2 aromatic rings. The van der Waals surface area contributed by atoms with Crippen molar-refractivity contribution < 1.29 is 4.79 Å². The highest BCUT2D eigenvalue weighted by molar-refractivity contribution is 9.10. The number of halogens is 1. The van der Waals surface area contributed by atoms with Gasteiger partial charge in [0.15, 0.2) is 0 Å². The summed E-state index contributed by atoms with van der Waals surface area (Å²) in [6.07, 6.45) is 1.04. The van der Waals surface area contributed by atoms with Crippen LogP contribution in [0, 0.1) is 0 Å². The fourth-order valence-corrected chi connectivity index (χ4v) is 4.09. The summed E-state index contributed by atoms with van der Waals surface area (Å²) in [4.78, 5) is 15.9. The summed E-state index contributed by atoms with van der Waals surface area (Å²) in [5.74, 6) is 0.0404. The molecule has 0 fully saturated rings. The van der Waals surface area contributed by atoms with Gasteiger partial charge in [-0.05, 0) is 48.6 Å². The van der Waals surface area contributed by atoms with E-state index in [4.69, 9.17) is 0 Å². The largest absolute Gasteiger partial charge is 0.325 e. The Kier molecular flexibility index (Phi) is 4.42. The number of hydrogen-bond donors (Lipinski definition) is 1. The molecule has 1 amide bonds. The molecule has 110 valence electrons. The topological polar surface area (TPSA) is 32.3 Å². The van der Waals surface area contributed by atoms with E-state index in [0.717, 1.165) is 23.1 Å². The van der Waals surface area contributed by atoms with Gasteiger partial charge in [-0.2, -0.15) is 0 Å². The first kappa shape index (κ1) is 14.8. The van der Waals surface area contributed by atoms with Crippen LogP contribution in [0.1, 0.15) is 23.4 Å². The van der Waals surface area contributed by atoms with Crippen LogP contribution in [-0.4, -0.2) is 23.9 Å². The van der Waals surface area contributed by atoms with E-state index in [0.29, 0.717) is 12.6 Å². The smallest absolute Gasteiger partial charge is 0.238 e. The number of nitrogens with zero attached hydrogens (tertiary/aromatic N) is 1. The van der Waals surface area contributed by atoms with Crippen molar-refractivity contribution in [2.75, 3.05) is 18.4 Å². The minimum Gasteiger partial charge on any atom is -0.325 e. The van der Waals surface area contributed by atoms with Crippen molar-refractivity contribution in [3.8, 4) is 0 Å². The van der Waals surface area contributed by atoms with Crippen LogP contribution in [-0.2, 0) is 11.2 Å². The van der Waals surface area contributed by atoms with E-state index < -0.39 is 0 Å². The summed E-state index contributed by atoms with van der Waals surface area (Å²) in [7, 11) is 0. The lowest BCUT2D eigenvalue weighted by molar-refractivity contribution is -0.117. The molecule has 1 atom stereocenters. The molecule has 0 saturated carbocycles. The van der Waals surface area contributed by atoms with Crippen LogP contribution in [0.4, 0.5) is 5.69 Å². The number of benzene rings is 1. The molecule has 0 spiro atoms. The Bertz CT molecular complexity index is 655. The Morgan fingerprint density at radius 3 is 3.14 bits per heavy atom. The highest BCUT2D eigenvalue weighted by atomic mass is 79.9. The van der Waals surface area contributed by atoms with E-state index in [-0.39, 0.29) is 5.91 Å². The van der Waals surface area contributed by atoms with Gasteiger partial charge >= 0.3 is 0 Å². The molecule has 0 saturated heterocycles. The van der Waals surface area contributed by atoms with Gasteiger partial charge in [0.05, 0.1) is 6.54 Å². The van der Waals surface area contributed by atoms with Crippen molar-refractivity contribution in [2.45, 2.75) is 19.4 Å². The minimum absolute atomic E-state index is 0.0404. The molecule has 1 aromatic heterocycles. The average Bonchev–Trinajstić information content (AvgIpc) is 2.91. The lowest BCUT2D eigenvalue weighted by Gasteiger charge is -2.32. The van der Waals surface area contributed by atoms with Crippen LogP contribution in [0.25, 0.3) is 0 Å². The number of carbonyl (C=O) groups is 1. The first-order valence-electron chi connectivity index (χ1n) is 6.99. The van der Waals surface area contributed by atoms with Crippen LogP contribution in [0.2, 0.25) is 0 Å². The maximum Gasteiger partial charge on any atom is 0.238 e. The number of fused-ring (bicyclic) bond motifs is 1. The maximum atomic E-state index is 12.2. The molecule has 0 bridgehead atoms. The zero-order valence-electron chi connectivity index (χ0n) is 11.8. The van der Waals surface area contributed by atoms with Crippen molar-refractivity contribution >= 4 is 38.9 Å². The Labute approximate surface area is 137 Å². The molecule has 3 nitrogen and oxygen atoms in total. The fraction of sp³-hybridized carbons (Fsp3) is 0.312. The van der Waals surface area contributed by atoms with E-state index in [2.05, 4.69) is 44.5 Å². The van der Waals surface area contributed by atoms with Crippen LogP contribution in [0.3, 0.4) is 0 Å². The van der Waals surface area contributed by atoms with Crippen molar-refractivity contribution in [2.24, 2.45) is 0 Å².